The molecule has 0 spiro atoms. The van der Waals surface area contributed by atoms with Crippen molar-refractivity contribution in [3.8, 4) is 0 Å². The van der Waals surface area contributed by atoms with Crippen LogP contribution >= 0.6 is 19.9 Å². The van der Waals surface area contributed by atoms with Crippen LogP contribution in [0, 0.1) is 0 Å². The van der Waals surface area contributed by atoms with Crippen molar-refractivity contribution in [1.29, 1.82) is 0 Å². The quantitative estimate of drug-likeness (QED) is 0.450. The highest BCUT2D eigenvalue weighted by atomic mass is 35.5. The van der Waals surface area contributed by atoms with E-state index in [1.54, 1.807) is 24.3 Å². The third kappa shape index (κ3) is 3.48. The van der Waals surface area contributed by atoms with Crippen LogP contribution in [-0.2, 0) is 29.1 Å². The molecule has 2 fully saturated rings. The number of fused-ring (bicyclic) bond motifs is 2. The van der Waals surface area contributed by atoms with Gasteiger partial charge in [0.2, 0.25) is 11.1 Å². The molecule has 0 amide bonds. The number of aromatic nitrogens is 4. The summed E-state index contributed by atoms with van der Waals surface area (Å²) in [4.78, 5) is 23.4. The fourth-order valence-corrected chi connectivity index (χ4v) is 5.52. The van der Waals surface area contributed by atoms with E-state index in [1.807, 2.05) is 0 Å². The van der Waals surface area contributed by atoms with Crippen LogP contribution in [0.25, 0.3) is 11.2 Å². The van der Waals surface area contributed by atoms with Crippen molar-refractivity contribution in [2.45, 2.75) is 34.6 Å². The number of hydrogen-bond acceptors (Lipinski definition) is 10. The molecule has 0 aliphatic carbocycles. The number of rotatable bonds is 3. The molecule has 3 aromatic rings. The van der Waals surface area contributed by atoms with Gasteiger partial charge in [0.05, 0.1) is 0 Å². The largest absolute Gasteiger partial charge is 0.697 e. The maximum Gasteiger partial charge on any atom is 0.697 e. The summed E-state index contributed by atoms with van der Waals surface area (Å²) in [5.74, 6) is -0.199. The average molecular weight is 487 g/mol. The lowest BCUT2D eigenvalue weighted by molar-refractivity contribution is -0.0584. The van der Waals surface area contributed by atoms with Gasteiger partial charge in [-0.3, -0.25) is 14.3 Å². The number of aliphatic hydroxyl groups is 1. The standard InChI is InChI=1S/C16H13ClN5O7PS/c17-6-1-3-7(4-2-6)31(26)16-19-9-12(20-15(18)21-13(9)24)22(16)14-10(23)11-8(28-14)5-27-30(25)29-11/h1-4,8,10-11,14,23H,5H2,(H2-,18,20,21,24)/p+1/t8?,10?,11-,14-,31?/m1/s1. The topological polar surface area (TPSA) is 172 Å². The molecular weight excluding hydrogens is 473 g/mol. The molecule has 0 bridgehead atoms. The highest BCUT2D eigenvalue weighted by molar-refractivity contribution is 7.85. The van der Waals surface area contributed by atoms with Gasteiger partial charge in [0.25, 0.3) is 5.56 Å². The summed E-state index contributed by atoms with van der Waals surface area (Å²) in [5, 5.41) is 11.2. The lowest BCUT2D eigenvalue weighted by atomic mass is 10.1. The fourth-order valence-electron chi connectivity index (χ4n) is 3.47. The Labute approximate surface area is 181 Å². The van der Waals surface area contributed by atoms with Crippen molar-refractivity contribution in [2.75, 3.05) is 12.3 Å². The number of aliphatic hydroxyl groups excluding tert-OH is 1. The number of hydrogen-bond donors (Lipinski definition) is 3. The first-order chi connectivity index (χ1) is 14.8. The molecule has 4 N–H and O–H groups in total. The Balaban J connectivity index is 1.68. The number of nitrogens with one attached hydrogen (secondary N) is 1. The maximum absolute atomic E-state index is 13.3. The summed E-state index contributed by atoms with van der Waals surface area (Å²) in [6.07, 6.45) is -4.25. The Morgan fingerprint density at radius 2 is 2.06 bits per heavy atom. The van der Waals surface area contributed by atoms with Crippen LogP contribution in [-0.4, -0.2) is 53.8 Å². The van der Waals surface area contributed by atoms with Gasteiger partial charge < -0.3 is 15.6 Å². The SMILES string of the molecule is Nc1nc2c(nc(S(=O)c3ccc(Cl)cc3)n2[C@@H]2OC3CO[P+](=O)O[C@H]3C2O)c(=O)[nH]1. The first kappa shape index (κ1) is 20.6. The molecule has 31 heavy (non-hydrogen) atoms. The van der Waals surface area contributed by atoms with Crippen molar-refractivity contribution in [3.63, 3.8) is 0 Å². The van der Waals surface area contributed by atoms with Crippen LogP contribution < -0.4 is 11.3 Å². The molecule has 12 nitrogen and oxygen atoms in total. The second-order valence-electron chi connectivity index (χ2n) is 6.76. The molecule has 0 radical (unpaired) electrons. The number of anilines is 1. The van der Waals surface area contributed by atoms with Gasteiger partial charge >= 0.3 is 8.25 Å². The Morgan fingerprint density at radius 3 is 2.81 bits per heavy atom. The molecule has 2 saturated heterocycles. The lowest BCUT2D eigenvalue weighted by Gasteiger charge is -2.18. The summed E-state index contributed by atoms with van der Waals surface area (Å²) >= 11 is 5.91. The second kappa shape index (κ2) is 7.71. The van der Waals surface area contributed by atoms with E-state index < -0.39 is 49.2 Å². The molecule has 4 heterocycles. The molecule has 5 rings (SSSR count). The van der Waals surface area contributed by atoms with Gasteiger partial charge in [-0.05, 0) is 24.3 Å². The minimum absolute atomic E-state index is 0.0356. The minimum atomic E-state index is -2.41. The van der Waals surface area contributed by atoms with Crippen molar-refractivity contribution in [3.05, 3.63) is 39.6 Å². The van der Waals surface area contributed by atoms with Crippen LogP contribution in [0.1, 0.15) is 6.23 Å². The molecule has 4 unspecified atom stereocenters. The van der Waals surface area contributed by atoms with Crippen LogP contribution in [0.15, 0.2) is 39.1 Å². The van der Waals surface area contributed by atoms with E-state index in [-0.39, 0.29) is 28.9 Å². The second-order valence-corrected chi connectivity index (χ2v) is 9.48. The number of H-pyrrole nitrogens is 1. The summed E-state index contributed by atoms with van der Waals surface area (Å²) in [6.45, 7) is -0.0776. The molecule has 162 valence electrons. The first-order valence-corrected chi connectivity index (χ1v) is 11.5. The first-order valence-electron chi connectivity index (χ1n) is 8.89. The zero-order valence-corrected chi connectivity index (χ0v) is 17.8. The van der Waals surface area contributed by atoms with E-state index in [4.69, 9.17) is 31.1 Å². The average Bonchev–Trinajstić information content (AvgIpc) is 3.26. The van der Waals surface area contributed by atoms with Gasteiger partial charge in [0.15, 0.2) is 23.5 Å². The van der Waals surface area contributed by atoms with Gasteiger partial charge in [0.1, 0.15) is 29.6 Å². The van der Waals surface area contributed by atoms with E-state index >= 15 is 0 Å². The van der Waals surface area contributed by atoms with Crippen molar-refractivity contribution in [2.24, 2.45) is 0 Å². The number of benzene rings is 1. The third-order valence-corrected chi connectivity index (χ3v) is 7.19. The molecular formula is C16H14ClN5O7PS+. The predicted molar refractivity (Wildman–Crippen MR) is 107 cm³/mol. The molecule has 2 aromatic heterocycles. The van der Waals surface area contributed by atoms with Gasteiger partial charge in [-0.1, -0.05) is 11.6 Å². The van der Waals surface area contributed by atoms with E-state index in [0.29, 0.717) is 9.92 Å². The van der Waals surface area contributed by atoms with Crippen LogP contribution in [0.5, 0.6) is 0 Å². The van der Waals surface area contributed by atoms with Gasteiger partial charge in [-0.2, -0.15) is 4.98 Å². The van der Waals surface area contributed by atoms with Crippen LogP contribution in [0.3, 0.4) is 0 Å². The lowest BCUT2D eigenvalue weighted by Crippen LogP contribution is -2.37. The number of ether oxygens (including phenoxy) is 1. The number of halogens is 1. The summed E-state index contributed by atoms with van der Waals surface area (Å²) in [6, 6.07) is 6.20. The maximum atomic E-state index is 13.3. The Morgan fingerprint density at radius 1 is 1.32 bits per heavy atom. The zero-order valence-electron chi connectivity index (χ0n) is 15.4. The van der Waals surface area contributed by atoms with E-state index in [1.165, 1.54) is 4.57 Å². The Kier molecular flexibility index (Phi) is 5.13. The van der Waals surface area contributed by atoms with Crippen LogP contribution in [0.4, 0.5) is 5.95 Å². The van der Waals surface area contributed by atoms with Crippen molar-refractivity contribution in [1.82, 2.24) is 19.5 Å². The Bertz CT molecular complexity index is 1280. The third-order valence-electron chi connectivity index (χ3n) is 4.85. The molecule has 2 aliphatic heterocycles. The van der Waals surface area contributed by atoms with E-state index in [0.717, 1.165) is 0 Å². The normalized spacial score (nSPS) is 28.0. The molecule has 2 aliphatic rings. The molecule has 1 aromatic carbocycles. The van der Waals surface area contributed by atoms with Crippen molar-refractivity contribution >= 4 is 47.8 Å². The highest BCUT2D eigenvalue weighted by Gasteiger charge is 2.55. The smallest absolute Gasteiger partial charge is 0.385 e. The number of nitrogen functional groups attached to an aromatic ring is 1. The van der Waals surface area contributed by atoms with Gasteiger partial charge in [-0.25, -0.2) is 9.19 Å². The van der Waals surface area contributed by atoms with Gasteiger partial charge in [0, 0.05) is 14.5 Å². The summed E-state index contributed by atoms with van der Waals surface area (Å²) in [7, 11) is -4.31. The predicted octanol–water partition coefficient (Wildman–Crippen LogP) is 0.853. The highest BCUT2D eigenvalue weighted by Crippen LogP contribution is 2.43. The molecule has 15 heteroatoms. The molecule has 6 atom stereocenters. The molecule has 0 saturated carbocycles. The zero-order chi connectivity index (χ0) is 21.9. The number of nitrogens with zero attached hydrogens (tertiary/aromatic N) is 3. The fraction of sp³-hybridized carbons (Fsp3) is 0.312. The summed E-state index contributed by atoms with van der Waals surface area (Å²) in [5.41, 5.74) is 4.87. The number of imidazole rings is 1. The van der Waals surface area contributed by atoms with Crippen molar-refractivity contribution < 1.29 is 27.7 Å². The Hall–Kier alpha value is -2.25. The number of nitrogens with two attached hydrogens (primary N) is 1. The van der Waals surface area contributed by atoms with E-state index in [2.05, 4.69) is 15.0 Å². The monoisotopic (exact) mass is 486 g/mol. The van der Waals surface area contributed by atoms with E-state index in [9.17, 15) is 18.7 Å². The number of aromatic amines is 1. The minimum Gasteiger partial charge on any atom is -0.385 e. The summed E-state index contributed by atoms with van der Waals surface area (Å²) < 4.78 is 42.2. The van der Waals surface area contributed by atoms with Gasteiger partial charge in [-0.15, -0.1) is 9.05 Å². The van der Waals surface area contributed by atoms with Crippen LogP contribution in [0.2, 0.25) is 5.02 Å².